The van der Waals surface area contributed by atoms with Gasteiger partial charge in [-0.25, -0.2) is 4.39 Å². The van der Waals surface area contributed by atoms with E-state index in [0.29, 0.717) is 13.2 Å². The number of hydrogen-bond donors (Lipinski definition) is 1. The van der Waals surface area contributed by atoms with E-state index in [4.69, 9.17) is 9.47 Å². The maximum atomic E-state index is 13.5. The van der Waals surface area contributed by atoms with Crippen LogP contribution in [0.3, 0.4) is 0 Å². The molecular weight excluding hydrogens is 247 g/mol. The fourth-order valence-electron chi connectivity index (χ4n) is 2.18. The summed E-state index contributed by atoms with van der Waals surface area (Å²) in [6.45, 7) is 4.69. The number of ether oxygens (including phenoxy) is 2. The number of halogens is 1. The molecule has 0 spiro atoms. The van der Waals surface area contributed by atoms with Crippen LogP contribution in [-0.4, -0.2) is 46.5 Å². The molecule has 0 amide bonds. The maximum Gasteiger partial charge on any atom is 0.142 e. The predicted octanol–water partition coefficient (Wildman–Crippen LogP) is 1.65. The van der Waals surface area contributed by atoms with Gasteiger partial charge in [-0.05, 0) is 25.1 Å². The highest BCUT2D eigenvalue weighted by atomic mass is 19.1. The van der Waals surface area contributed by atoms with E-state index in [0.717, 1.165) is 44.0 Å². The molecule has 106 valence electrons. The van der Waals surface area contributed by atoms with E-state index in [1.807, 2.05) is 0 Å². The second-order valence-corrected chi connectivity index (χ2v) is 4.54. The minimum Gasteiger partial charge on any atom is -0.489 e. The van der Waals surface area contributed by atoms with E-state index in [9.17, 15) is 4.39 Å². The summed E-state index contributed by atoms with van der Waals surface area (Å²) in [7, 11) is 1.63. The molecule has 1 fully saturated rings. The predicted molar refractivity (Wildman–Crippen MR) is 73.5 cm³/mol. The van der Waals surface area contributed by atoms with Crippen LogP contribution in [0.5, 0.6) is 5.75 Å². The fraction of sp³-hybridized carbons (Fsp3) is 0.571. The van der Waals surface area contributed by atoms with Crippen LogP contribution >= 0.6 is 0 Å². The summed E-state index contributed by atoms with van der Waals surface area (Å²) in [4.78, 5) is 2.17. The van der Waals surface area contributed by atoms with Crippen molar-refractivity contribution in [2.75, 3.05) is 51.4 Å². The van der Waals surface area contributed by atoms with Crippen LogP contribution in [0.15, 0.2) is 18.2 Å². The molecule has 0 radical (unpaired) electrons. The molecule has 5 heteroatoms. The highest BCUT2D eigenvalue weighted by molar-refractivity contribution is 5.58. The molecule has 1 aliphatic heterocycles. The summed E-state index contributed by atoms with van der Waals surface area (Å²) >= 11 is 0. The van der Waals surface area contributed by atoms with Gasteiger partial charge in [0.1, 0.15) is 18.2 Å². The highest BCUT2D eigenvalue weighted by Crippen LogP contribution is 2.29. The van der Waals surface area contributed by atoms with Gasteiger partial charge in [-0.3, -0.25) is 0 Å². The second-order valence-electron chi connectivity index (χ2n) is 4.54. The number of rotatable bonds is 5. The molecule has 0 atom stereocenters. The minimum absolute atomic E-state index is 0.230. The Morgan fingerprint density at radius 1 is 1.26 bits per heavy atom. The van der Waals surface area contributed by atoms with Crippen molar-refractivity contribution >= 4 is 5.69 Å². The Balaban J connectivity index is 2.13. The van der Waals surface area contributed by atoms with Crippen LogP contribution in [0.1, 0.15) is 6.42 Å². The summed E-state index contributed by atoms with van der Waals surface area (Å²) in [6.07, 6.45) is 1.05. The van der Waals surface area contributed by atoms with Gasteiger partial charge in [-0.15, -0.1) is 0 Å². The van der Waals surface area contributed by atoms with E-state index in [1.54, 1.807) is 19.2 Å². The van der Waals surface area contributed by atoms with Crippen LogP contribution in [-0.2, 0) is 4.74 Å². The zero-order valence-corrected chi connectivity index (χ0v) is 11.3. The minimum atomic E-state index is -0.230. The van der Waals surface area contributed by atoms with Gasteiger partial charge in [0.05, 0.1) is 12.3 Å². The Labute approximate surface area is 113 Å². The van der Waals surface area contributed by atoms with Gasteiger partial charge in [-0.2, -0.15) is 0 Å². The van der Waals surface area contributed by atoms with Crippen molar-refractivity contribution < 1.29 is 13.9 Å². The molecule has 0 saturated carbocycles. The molecule has 19 heavy (non-hydrogen) atoms. The van der Waals surface area contributed by atoms with Crippen molar-refractivity contribution in [1.29, 1.82) is 0 Å². The van der Waals surface area contributed by atoms with Crippen LogP contribution < -0.4 is 15.0 Å². The third-order valence-electron chi connectivity index (χ3n) is 3.15. The third kappa shape index (κ3) is 4.08. The summed E-state index contributed by atoms with van der Waals surface area (Å²) < 4.78 is 24.1. The first-order chi connectivity index (χ1) is 9.31. The molecular formula is C14H21FN2O2. The van der Waals surface area contributed by atoms with E-state index in [-0.39, 0.29) is 5.82 Å². The van der Waals surface area contributed by atoms with Gasteiger partial charge in [0.15, 0.2) is 0 Å². The third-order valence-corrected chi connectivity index (χ3v) is 3.15. The standard InChI is InChI=1S/C14H21FN2O2/c1-18-9-10-19-14-4-3-12(15)11-13(14)17-7-2-5-16-6-8-17/h3-4,11,16H,2,5-10H2,1H3. The second kappa shape index (κ2) is 7.31. The molecule has 1 N–H and O–H groups in total. The van der Waals surface area contributed by atoms with Crippen molar-refractivity contribution in [1.82, 2.24) is 5.32 Å². The SMILES string of the molecule is COCCOc1ccc(F)cc1N1CCCNCC1. The summed E-state index contributed by atoms with van der Waals surface area (Å²) in [5.41, 5.74) is 0.833. The van der Waals surface area contributed by atoms with E-state index in [1.165, 1.54) is 6.07 Å². The lowest BCUT2D eigenvalue weighted by molar-refractivity contribution is 0.146. The first-order valence-corrected chi connectivity index (χ1v) is 6.68. The van der Waals surface area contributed by atoms with Crippen LogP contribution in [0.25, 0.3) is 0 Å². The molecule has 0 aliphatic carbocycles. The summed E-state index contributed by atoms with van der Waals surface area (Å²) in [5, 5.41) is 3.34. The molecule has 1 aromatic rings. The van der Waals surface area contributed by atoms with Crippen molar-refractivity contribution in [3.63, 3.8) is 0 Å². The van der Waals surface area contributed by atoms with Crippen molar-refractivity contribution in [3.8, 4) is 5.75 Å². The van der Waals surface area contributed by atoms with E-state index in [2.05, 4.69) is 10.2 Å². The smallest absolute Gasteiger partial charge is 0.142 e. The number of hydrogen-bond acceptors (Lipinski definition) is 4. The molecule has 1 heterocycles. The van der Waals surface area contributed by atoms with Crippen molar-refractivity contribution in [3.05, 3.63) is 24.0 Å². The van der Waals surface area contributed by atoms with E-state index >= 15 is 0 Å². The normalized spacial score (nSPS) is 16.2. The molecule has 0 aromatic heterocycles. The fourth-order valence-corrected chi connectivity index (χ4v) is 2.18. The van der Waals surface area contributed by atoms with Gasteiger partial charge < -0.3 is 19.7 Å². The van der Waals surface area contributed by atoms with Gasteiger partial charge in [0.25, 0.3) is 0 Å². The lowest BCUT2D eigenvalue weighted by Gasteiger charge is -2.25. The average Bonchev–Trinajstić information content (AvgIpc) is 2.69. The number of methoxy groups -OCH3 is 1. The zero-order chi connectivity index (χ0) is 13.5. The molecule has 0 unspecified atom stereocenters. The van der Waals surface area contributed by atoms with Gasteiger partial charge in [0.2, 0.25) is 0 Å². The van der Waals surface area contributed by atoms with Crippen LogP contribution in [0.4, 0.5) is 10.1 Å². The largest absolute Gasteiger partial charge is 0.489 e. The number of benzene rings is 1. The monoisotopic (exact) mass is 268 g/mol. The molecule has 1 saturated heterocycles. The number of nitrogens with one attached hydrogen (secondary N) is 1. The Hall–Kier alpha value is -1.33. The first-order valence-electron chi connectivity index (χ1n) is 6.68. The molecule has 0 bridgehead atoms. The topological polar surface area (TPSA) is 33.7 Å². The Morgan fingerprint density at radius 2 is 2.16 bits per heavy atom. The van der Waals surface area contributed by atoms with Crippen molar-refractivity contribution in [2.45, 2.75) is 6.42 Å². The highest BCUT2D eigenvalue weighted by Gasteiger charge is 2.15. The number of anilines is 1. The quantitative estimate of drug-likeness (QED) is 0.823. The van der Waals surface area contributed by atoms with E-state index < -0.39 is 0 Å². The van der Waals surface area contributed by atoms with Crippen molar-refractivity contribution in [2.24, 2.45) is 0 Å². The lowest BCUT2D eigenvalue weighted by atomic mass is 10.2. The van der Waals surface area contributed by atoms with Gasteiger partial charge in [-0.1, -0.05) is 0 Å². The Bertz CT molecular complexity index is 393. The molecule has 1 aromatic carbocycles. The van der Waals surface area contributed by atoms with Crippen LogP contribution in [0.2, 0.25) is 0 Å². The molecule has 4 nitrogen and oxygen atoms in total. The molecule has 1 aliphatic rings. The Kier molecular flexibility index (Phi) is 5.42. The van der Waals surface area contributed by atoms with Gasteiger partial charge >= 0.3 is 0 Å². The lowest BCUT2D eigenvalue weighted by Crippen LogP contribution is -2.28. The average molecular weight is 268 g/mol. The van der Waals surface area contributed by atoms with Crippen LogP contribution in [0, 0.1) is 5.82 Å². The summed E-state index contributed by atoms with van der Waals surface area (Å²) in [6, 6.07) is 4.67. The van der Waals surface area contributed by atoms with Gasteiger partial charge in [0, 0.05) is 32.8 Å². The summed E-state index contributed by atoms with van der Waals surface area (Å²) in [5.74, 6) is 0.492. The zero-order valence-electron chi connectivity index (χ0n) is 11.3. The molecule has 2 rings (SSSR count). The first kappa shape index (κ1) is 14.1. The Morgan fingerprint density at radius 3 is 3.00 bits per heavy atom. The number of nitrogens with zero attached hydrogens (tertiary/aromatic N) is 1. The maximum absolute atomic E-state index is 13.5.